The van der Waals surface area contributed by atoms with E-state index < -0.39 is 0 Å². The maximum Gasteiger partial charge on any atom is 0.231 e. The molecule has 0 aliphatic carbocycles. The largest absolute Gasteiger partial charge is 0.454 e. The smallest absolute Gasteiger partial charge is 0.231 e. The maximum atomic E-state index is 6.33. The fraction of sp³-hybridized carbons (Fsp3) is 0.400. The first-order chi connectivity index (χ1) is 9.79. The summed E-state index contributed by atoms with van der Waals surface area (Å²) in [5.41, 5.74) is 7.89. The van der Waals surface area contributed by atoms with Gasteiger partial charge in [-0.1, -0.05) is 0 Å². The van der Waals surface area contributed by atoms with Crippen molar-refractivity contribution in [3.05, 3.63) is 22.4 Å². The molecule has 3 rings (SSSR count). The van der Waals surface area contributed by atoms with Gasteiger partial charge in [-0.3, -0.25) is 0 Å². The van der Waals surface area contributed by atoms with Gasteiger partial charge in [0.1, 0.15) is 17.3 Å². The number of hydrogen-bond acceptors (Lipinski definition) is 4. The molecule has 0 bridgehead atoms. The molecule has 1 aliphatic rings. The Morgan fingerprint density at radius 2 is 2.00 bits per heavy atom. The minimum Gasteiger partial charge on any atom is -0.454 e. The zero-order chi connectivity index (χ0) is 15.4. The van der Waals surface area contributed by atoms with Crippen LogP contribution < -0.4 is 15.2 Å². The average molecular weight is 352 g/mol. The number of halogens is 1. The summed E-state index contributed by atoms with van der Waals surface area (Å²) >= 11 is 3.50. The molecule has 5 nitrogen and oxygen atoms in total. The van der Waals surface area contributed by atoms with Crippen LogP contribution in [0.3, 0.4) is 0 Å². The highest BCUT2D eigenvalue weighted by Gasteiger charge is 2.25. The minimum atomic E-state index is -0.118. The molecular weight excluding hydrogens is 334 g/mol. The van der Waals surface area contributed by atoms with Gasteiger partial charge in [-0.2, -0.15) is 0 Å². The number of nitrogens with two attached hydrogens (primary N) is 1. The molecule has 0 spiro atoms. The number of ether oxygens (including phenoxy) is 2. The van der Waals surface area contributed by atoms with Crippen molar-refractivity contribution in [3.8, 4) is 22.8 Å². The first kappa shape index (κ1) is 14.3. The van der Waals surface area contributed by atoms with E-state index in [-0.39, 0.29) is 12.3 Å². The van der Waals surface area contributed by atoms with Crippen LogP contribution in [0.25, 0.3) is 11.3 Å². The minimum absolute atomic E-state index is 0.118. The number of aromatic nitrogens is 2. The topological polar surface area (TPSA) is 62.3 Å². The summed E-state index contributed by atoms with van der Waals surface area (Å²) in [6, 6.07) is 3.87. The monoisotopic (exact) mass is 351 g/mol. The summed E-state index contributed by atoms with van der Waals surface area (Å²) in [6.07, 6.45) is 0. The highest BCUT2D eigenvalue weighted by molar-refractivity contribution is 9.10. The highest BCUT2D eigenvalue weighted by Crippen LogP contribution is 2.43. The van der Waals surface area contributed by atoms with E-state index in [2.05, 4.69) is 41.7 Å². The van der Waals surface area contributed by atoms with Crippen molar-refractivity contribution in [2.75, 3.05) is 12.5 Å². The lowest BCUT2D eigenvalue weighted by atomic mass is 10.1. The summed E-state index contributed by atoms with van der Waals surface area (Å²) in [5.74, 6) is 2.99. The second-order valence-electron chi connectivity index (χ2n) is 6.09. The molecule has 2 heterocycles. The molecule has 1 aromatic carbocycles. The Labute approximate surface area is 132 Å². The Bertz CT molecular complexity index is 717. The lowest BCUT2D eigenvalue weighted by molar-refractivity contribution is 0.173. The standard InChI is InChI=1S/C15H18BrN3O2/c1-8-18-12(14(17)19(8)15(2,3)4)9-5-10(16)13-11(6-9)20-7-21-13/h5-6H,7,17H2,1-4H3. The summed E-state index contributed by atoms with van der Waals surface area (Å²) in [7, 11) is 0. The molecule has 0 amide bonds. The molecule has 1 aromatic heterocycles. The predicted molar refractivity (Wildman–Crippen MR) is 85.6 cm³/mol. The fourth-order valence-corrected chi connectivity index (χ4v) is 3.27. The van der Waals surface area contributed by atoms with Gasteiger partial charge in [0.15, 0.2) is 11.5 Å². The third-order valence-electron chi connectivity index (χ3n) is 3.45. The number of hydrogen-bond donors (Lipinski definition) is 1. The number of imidazole rings is 1. The number of benzene rings is 1. The lowest BCUT2D eigenvalue weighted by Crippen LogP contribution is -2.24. The fourth-order valence-electron chi connectivity index (χ4n) is 2.71. The Kier molecular flexibility index (Phi) is 3.16. The van der Waals surface area contributed by atoms with Gasteiger partial charge in [-0.15, -0.1) is 0 Å². The molecule has 0 atom stereocenters. The molecule has 0 fully saturated rings. The second kappa shape index (κ2) is 4.66. The van der Waals surface area contributed by atoms with E-state index in [1.54, 1.807) is 0 Å². The van der Waals surface area contributed by atoms with Crippen LogP contribution in [0.5, 0.6) is 11.5 Å². The summed E-state index contributed by atoms with van der Waals surface area (Å²) < 4.78 is 13.8. The SMILES string of the molecule is Cc1nc(-c2cc(Br)c3c(c2)OCO3)c(N)n1C(C)(C)C. The molecule has 1 aliphatic heterocycles. The quantitative estimate of drug-likeness (QED) is 0.850. The third-order valence-corrected chi connectivity index (χ3v) is 4.04. The van der Waals surface area contributed by atoms with E-state index in [0.717, 1.165) is 27.3 Å². The summed E-state index contributed by atoms with van der Waals surface area (Å²) in [5, 5.41) is 0. The lowest BCUT2D eigenvalue weighted by Gasteiger charge is -2.24. The highest BCUT2D eigenvalue weighted by atomic mass is 79.9. The first-order valence-corrected chi connectivity index (χ1v) is 7.53. The van der Waals surface area contributed by atoms with E-state index >= 15 is 0 Å². The maximum absolute atomic E-state index is 6.33. The number of rotatable bonds is 1. The Morgan fingerprint density at radius 1 is 1.29 bits per heavy atom. The third kappa shape index (κ3) is 2.27. The number of anilines is 1. The molecule has 2 aromatic rings. The van der Waals surface area contributed by atoms with Gasteiger partial charge in [0.25, 0.3) is 0 Å². The van der Waals surface area contributed by atoms with E-state index in [1.807, 2.05) is 23.6 Å². The van der Waals surface area contributed by atoms with Crippen molar-refractivity contribution in [1.82, 2.24) is 9.55 Å². The Hall–Kier alpha value is -1.69. The summed E-state index contributed by atoms with van der Waals surface area (Å²) in [4.78, 5) is 4.63. The second-order valence-corrected chi connectivity index (χ2v) is 6.95. The average Bonchev–Trinajstić information content (AvgIpc) is 2.92. The van der Waals surface area contributed by atoms with Gasteiger partial charge in [0, 0.05) is 11.1 Å². The zero-order valence-corrected chi connectivity index (χ0v) is 14.1. The van der Waals surface area contributed by atoms with Crippen molar-refractivity contribution in [2.45, 2.75) is 33.2 Å². The van der Waals surface area contributed by atoms with E-state index in [9.17, 15) is 0 Å². The van der Waals surface area contributed by atoms with Crippen molar-refractivity contribution < 1.29 is 9.47 Å². The molecule has 0 saturated heterocycles. The molecule has 0 saturated carbocycles. The van der Waals surface area contributed by atoms with Crippen molar-refractivity contribution in [1.29, 1.82) is 0 Å². The van der Waals surface area contributed by atoms with Gasteiger partial charge in [0.2, 0.25) is 6.79 Å². The molecular formula is C15H18BrN3O2. The van der Waals surface area contributed by atoms with E-state index in [4.69, 9.17) is 15.2 Å². The molecule has 6 heteroatoms. The van der Waals surface area contributed by atoms with Crippen LogP contribution in [0.4, 0.5) is 5.82 Å². The molecule has 21 heavy (non-hydrogen) atoms. The molecule has 0 unspecified atom stereocenters. The van der Waals surface area contributed by atoms with Crippen molar-refractivity contribution in [3.63, 3.8) is 0 Å². The van der Waals surface area contributed by atoms with Gasteiger partial charge < -0.3 is 19.8 Å². The Balaban J connectivity index is 2.17. The van der Waals surface area contributed by atoms with Crippen molar-refractivity contribution in [2.24, 2.45) is 0 Å². The van der Waals surface area contributed by atoms with Crippen LogP contribution in [-0.4, -0.2) is 16.3 Å². The predicted octanol–water partition coefficient (Wildman–Crippen LogP) is 3.69. The number of fused-ring (bicyclic) bond motifs is 1. The molecule has 112 valence electrons. The van der Waals surface area contributed by atoms with Crippen LogP contribution in [0.1, 0.15) is 26.6 Å². The van der Waals surface area contributed by atoms with Crippen LogP contribution >= 0.6 is 15.9 Å². The van der Waals surface area contributed by atoms with Gasteiger partial charge in [0.05, 0.1) is 4.47 Å². The summed E-state index contributed by atoms with van der Waals surface area (Å²) in [6.45, 7) is 8.53. The van der Waals surface area contributed by atoms with E-state index in [0.29, 0.717) is 11.6 Å². The van der Waals surface area contributed by atoms with Gasteiger partial charge in [-0.25, -0.2) is 4.98 Å². The number of aryl methyl sites for hydroxylation is 1. The van der Waals surface area contributed by atoms with E-state index in [1.165, 1.54) is 0 Å². The first-order valence-electron chi connectivity index (χ1n) is 6.74. The van der Waals surface area contributed by atoms with Crippen LogP contribution in [0.15, 0.2) is 16.6 Å². The van der Waals surface area contributed by atoms with Crippen LogP contribution in [-0.2, 0) is 5.54 Å². The number of nitrogens with zero attached hydrogens (tertiary/aromatic N) is 2. The normalized spacial score (nSPS) is 13.8. The van der Waals surface area contributed by atoms with Crippen molar-refractivity contribution >= 4 is 21.7 Å². The number of nitrogen functional groups attached to an aromatic ring is 1. The molecule has 2 N–H and O–H groups in total. The van der Waals surface area contributed by atoms with Gasteiger partial charge in [-0.05, 0) is 55.8 Å². The van der Waals surface area contributed by atoms with Crippen LogP contribution in [0.2, 0.25) is 0 Å². The van der Waals surface area contributed by atoms with Gasteiger partial charge >= 0.3 is 0 Å². The zero-order valence-electron chi connectivity index (χ0n) is 12.5. The molecule has 0 radical (unpaired) electrons. The Morgan fingerprint density at radius 3 is 2.62 bits per heavy atom. The van der Waals surface area contributed by atoms with Crippen LogP contribution in [0, 0.1) is 6.92 Å².